The third-order valence-corrected chi connectivity index (χ3v) is 6.52. The van der Waals surface area contributed by atoms with Crippen molar-refractivity contribution in [1.29, 1.82) is 0 Å². The second-order valence-corrected chi connectivity index (χ2v) is 9.81. The summed E-state index contributed by atoms with van der Waals surface area (Å²) in [6.45, 7) is 11.5. The Balaban J connectivity index is 1.90. The summed E-state index contributed by atoms with van der Waals surface area (Å²) in [5.74, 6) is -0.0776. The Morgan fingerprint density at radius 2 is 1.57 bits per heavy atom. The summed E-state index contributed by atoms with van der Waals surface area (Å²) < 4.78 is 26.9. The van der Waals surface area contributed by atoms with E-state index >= 15 is 0 Å². The van der Waals surface area contributed by atoms with Gasteiger partial charge in [0.2, 0.25) is 15.9 Å². The highest BCUT2D eigenvalue weighted by Gasteiger charge is 2.27. The summed E-state index contributed by atoms with van der Waals surface area (Å²) in [5, 5.41) is 6.45. The largest absolute Gasteiger partial charge is 0.325 e. The lowest BCUT2D eigenvalue weighted by Gasteiger charge is -2.36. The second-order valence-electron chi connectivity index (χ2n) is 8.10. The van der Waals surface area contributed by atoms with Crippen molar-refractivity contribution in [3.63, 3.8) is 0 Å². The van der Waals surface area contributed by atoms with Crippen LogP contribution in [0.5, 0.6) is 0 Å². The molecule has 158 valence electrons. The highest BCUT2D eigenvalue weighted by atomic mass is 32.2. The summed E-state index contributed by atoms with van der Waals surface area (Å²) in [6, 6.07) is 6.84. The van der Waals surface area contributed by atoms with E-state index in [9.17, 15) is 13.2 Å². The number of nitrogens with zero attached hydrogens (tertiary/aromatic N) is 1. The highest BCUT2D eigenvalue weighted by molar-refractivity contribution is 7.89. The molecule has 1 aliphatic rings. The standard InChI is InChI=1S/C20H34N4O3S/c1-14(2)21-18-10-12-24(13-11-18)16(5)20(25)22-17-6-8-19(9-7-17)28(26,27)23-15(3)4/h6-9,14-16,18,21,23H,10-13H2,1-5H3,(H,22,25). The Kier molecular flexibility index (Phi) is 8.00. The molecule has 1 heterocycles. The molecule has 0 bridgehead atoms. The van der Waals surface area contributed by atoms with E-state index in [1.807, 2.05) is 6.92 Å². The molecule has 1 saturated heterocycles. The molecule has 1 aromatic carbocycles. The molecule has 3 N–H and O–H groups in total. The van der Waals surface area contributed by atoms with Crippen molar-refractivity contribution in [2.75, 3.05) is 18.4 Å². The molecule has 0 aliphatic carbocycles. The van der Waals surface area contributed by atoms with E-state index in [0.717, 1.165) is 25.9 Å². The smallest absolute Gasteiger partial charge is 0.241 e. The number of carbonyl (C=O) groups excluding carboxylic acids is 1. The van der Waals surface area contributed by atoms with Gasteiger partial charge in [0, 0.05) is 36.9 Å². The predicted octanol–water partition coefficient (Wildman–Crippen LogP) is 2.16. The summed E-state index contributed by atoms with van der Waals surface area (Å²) in [5.41, 5.74) is 0.594. The van der Waals surface area contributed by atoms with Crippen LogP contribution in [0.25, 0.3) is 0 Å². The van der Waals surface area contributed by atoms with Gasteiger partial charge in [-0.1, -0.05) is 13.8 Å². The highest BCUT2D eigenvalue weighted by Crippen LogP contribution is 2.17. The maximum absolute atomic E-state index is 12.6. The van der Waals surface area contributed by atoms with Gasteiger partial charge in [-0.3, -0.25) is 9.69 Å². The fourth-order valence-corrected chi connectivity index (χ4v) is 4.68. The molecule has 0 aromatic heterocycles. The number of rotatable bonds is 8. The number of amides is 1. The number of hydrogen-bond donors (Lipinski definition) is 3. The molecule has 0 saturated carbocycles. The minimum Gasteiger partial charge on any atom is -0.325 e. The fourth-order valence-electron chi connectivity index (χ4n) is 3.43. The van der Waals surface area contributed by atoms with E-state index in [1.54, 1.807) is 26.0 Å². The lowest BCUT2D eigenvalue weighted by Crippen LogP contribution is -2.50. The van der Waals surface area contributed by atoms with Crippen LogP contribution in [0, 0.1) is 0 Å². The zero-order valence-electron chi connectivity index (χ0n) is 17.5. The van der Waals surface area contributed by atoms with E-state index < -0.39 is 10.0 Å². The Morgan fingerprint density at radius 1 is 1.00 bits per heavy atom. The minimum absolute atomic E-state index is 0.0776. The number of nitrogens with one attached hydrogen (secondary N) is 3. The zero-order chi connectivity index (χ0) is 20.9. The minimum atomic E-state index is -3.53. The van der Waals surface area contributed by atoms with Gasteiger partial charge in [0.1, 0.15) is 0 Å². The normalized spacial score (nSPS) is 17.8. The molecule has 7 nitrogen and oxygen atoms in total. The van der Waals surface area contributed by atoms with Crippen molar-refractivity contribution < 1.29 is 13.2 Å². The van der Waals surface area contributed by atoms with Crippen LogP contribution in [0.15, 0.2) is 29.2 Å². The first kappa shape index (κ1) is 22.8. The first-order valence-corrected chi connectivity index (χ1v) is 11.5. The lowest BCUT2D eigenvalue weighted by molar-refractivity contribution is -0.121. The van der Waals surface area contributed by atoms with Gasteiger partial charge in [-0.05, 0) is 57.9 Å². The molecule has 1 unspecified atom stereocenters. The van der Waals surface area contributed by atoms with E-state index in [0.29, 0.717) is 17.8 Å². The van der Waals surface area contributed by atoms with Crippen LogP contribution >= 0.6 is 0 Å². The molecular weight excluding hydrogens is 376 g/mol. The molecule has 8 heteroatoms. The van der Waals surface area contributed by atoms with Crippen LogP contribution in [-0.4, -0.2) is 56.5 Å². The lowest BCUT2D eigenvalue weighted by atomic mass is 10.0. The van der Waals surface area contributed by atoms with Gasteiger partial charge in [-0.15, -0.1) is 0 Å². The first-order valence-electron chi connectivity index (χ1n) is 10.0. The van der Waals surface area contributed by atoms with Crippen LogP contribution in [0.4, 0.5) is 5.69 Å². The van der Waals surface area contributed by atoms with E-state index in [4.69, 9.17) is 0 Å². The predicted molar refractivity (Wildman–Crippen MR) is 113 cm³/mol. The van der Waals surface area contributed by atoms with Gasteiger partial charge >= 0.3 is 0 Å². The monoisotopic (exact) mass is 410 g/mol. The van der Waals surface area contributed by atoms with Crippen molar-refractivity contribution >= 4 is 21.6 Å². The zero-order valence-corrected chi connectivity index (χ0v) is 18.3. The van der Waals surface area contributed by atoms with Crippen molar-refractivity contribution in [2.45, 2.75) is 76.5 Å². The van der Waals surface area contributed by atoms with Gasteiger partial charge in [-0.2, -0.15) is 0 Å². The Labute approximate surface area is 169 Å². The molecule has 1 fully saturated rings. The summed E-state index contributed by atoms with van der Waals surface area (Å²) in [4.78, 5) is 15.0. The average molecular weight is 411 g/mol. The van der Waals surface area contributed by atoms with Crippen LogP contribution in [-0.2, 0) is 14.8 Å². The van der Waals surface area contributed by atoms with Crippen molar-refractivity contribution in [1.82, 2.24) is 14.9 Å². The summed E-state index contributed by atoms with van der Waals surface area (Å²) >= 11 is 0. The maximum Gasteiger partial charge on any atom is 0.241 e. The van der Waals surface area contributed by atoms with E-state index in [2.05, 4.69) is 34.1 Å². The number of piperidine rings is 1. The summed E-state index contributed by atoms with van der Waals surface area (Å²) in [7, 11) is -3.53. The molecule has 0 radical (unpaired) electrons. The third-order valence-electron chi connectivity index (χ3n) is 4.85. The average Bonchev–Trinajstić information content (AvgIpc) is 2.60. The quantitative estimate of drug-likeness (QED) is 0.611. The Morgan fingerprint density at radius 3 is 2.07 bits per heavy atom. The number of sulfonamides is 1. The van der Waals surface area contributed by atoms with Crippen LogP contribution in [0.3, 0.4) is 0 Å². The van der Waals surface area contributed by atoms with Gasteiger partial charge in [0.05, 0.1) is 10.9 Å². The molecule has 0 spiro atoms. The van der Waals surface area contributed by atoms with Crippen LogP contribution < -0.4 is 15.4 Å². The number of carbonyl (C=O) groups is 1. The molecule has 28 heavy (non-hydrogen) atoms. The van der Waals surface area contributed by atoms with Gasteiger partial charge < -0.3 is 10.6 Å². The SMILES string of the molecule is CC(C)NC1CCN(C(C)C(=O)Nc2ccc(S(=O)(=O)NC(C)C)cc2)CC1. The van der Waals surface area contributed by atoms with Crippen LogP contribution in [0.1, 0.15) is 47.5 Å². The molecule has 1 aromatic rings. The number of hydrogen-bond acceptors (Lipinski definition) is 5. The fraction of sp³-hybridized carbons (Fsp3) is 0.650. The maximum atomic E-state index is 12.6. The van der Waals surface area contributed by atoms with Crippen LogP contribution in [0.2, 0.25) is 0 Å². The van der Waals surface area contributed by atoms with E-state index in [-0.39, 0.29) is 22.9 Å². The molecule has 2 rings (SSSR count). The second kappa shape index (κ2) is 9.82. The summed E-state index contributed by atoms with van der Waals surface area (Å²) in [6.07, 6.45) is 2.07. The molecular formula is C20H34N4O3S. The Bertz CT molecular complexity index is 739. The number of anilines is 1. The van der Waals surface area contributed by atoms with Crippen molar-refractivity contribution in [3.8, 4) is 0 Å². The molecule has 1 amide bonds. The van der Waals surface area contributed by atoms with Crippen molar-refractivity contribution in [3.05, 3.63) is 24.3 Å². The number of likely N-dealkylation sites (tertiary alicyclic amines) is 1. The molecule has 1 atom stereocenters. The first-order chi connectivity index (χ1) is 13.1. The third kappa shape index (κ3) is 6.55. The molecule has 1 aliphatic heterocycles. The van der Waals surface area contributed by atoms with E-state index in [1.165, 1.54) is 12.1 Å². The Hall–Kier alpha value is -1.48. The van der Waals surface area contributed by atoms with Gasteiger partial charge in [-0.25, -0.2) is 13.1 Å². The van der Waals surface area contributed by atoms with Gasteiger partial charge in [0.25, 0.3) is 0 Å². The van der Waals surface area contributed by atoms with Crippen molar-refractivity contribution in [2.24, 2.45) is 0 Å². The number of benzene rings is 1. The topological polar surface area (TPSA) is 90.5 Å². The van der Waals surface area contributed by atoms with Gasteiger partial charge in [0.15, 0.2) is 0 Å².